The van der Waals surface area contributed by atoms with Gasteiger partial charge in [0.25, 0.3) is 0 Å². The topological polar surface area (TPSA) is 85.7 Å². The molecule has 2 heterocycles. The second-order valence-electron chi connectivity index (χ2n) is 6.20. The molecule has 136 valence electrons. The third kappa shape index (κ3) is 4.31. The number of aromatic nitrogens is 1. The minimum absolute atomic E-state index is 0.0797. The van der Waals surface area contributed by atoms with Gasteiger partial charge in [0.1, 0.15) is 17.1 Å². The van der Waals surface area contributed by atoms with Gasteiger partial charge in [-0.05, 0) is 31.4 Å². The second kappa shape index (κ2) is 8.46. The zero-order valence-corrected chi connectivity index (χ0v) is 15.3. The molecule has 0 saturated heterocycles. The highest BCUT2D eigenvalue weighted by atomic mass is 32.1. The molecule has 1 atom stereocenters. The van der Waals surface area contributed by atoms with E-state index in [2.05, 4.69) is 4.98 Å². The van der Waals surface area contributed by atoms with Gasteiger partial charge in [-0.1, -0.05) is 12.1 Å². The van der Waals surface area contributed by atoms with E-state index in [1.54, 1.807) is 30.8 Å². The van der Waals surface area contributed by atoms with Crippen LogP contribution in [0.5, 0.6) is 5.75 Å². The van der Waals surface area contributed by atoms with Crippen LogP contribution in [0.3, 0.4) is 0 Å². The molecule has 0 spiro atoms. The summed E-state index contributed by atoms with van der Waals surface area (Å²) in [5, 5.41) is 10.3. The molecule has 0 aliphatic carbocycles. The van der Waals surface area contributed by atoms with Crippen molar-refractivity contribution in [1.82, 2.24) is 4.98 Å². The van der Waals surface area contributed by atoms with Gasteiger partial charge in [-0.2, -0.15) is 0 Å². The highest BCUT2D eigenvalue weighted by Gasteiger charge is 2.37. The summed E-state index contributed by atoms with van der Waals surface area (Å²) in [4.78, 5) is 29.4. The Balaban J connectivity index is 1.65. The standard InChI is InChI=1S/C18H20BNO5S/c1-2-24-18(22)16-5-3-4-12-8-13(19(23)25-17(12)16)9-14(21)6-7-15-10-20-11-26-15/h3-5,10-11,13,23H,2,6-9H2,1H3/t13-/m1/s1. The van der Waals surface area contributed by atoms with Crippen LogP contribution >= 0.6 is 11.3 Å². The zero-order chi connectivity index (χ0) is 18.5. The van der Waals surface area contributed by atoms with Crippen molar-refractivity contribution in [3.63, 3.8) is 0 Å². The van der Waals surface area contributed by atoms with Crippen molar-refractivity contribution in [3.8, 4) is 5.75 Å². The first kappa shape index (κ1) is 18.6. The van der Waals surface area contributed by atoms with Crippen molar-refractivity contribution < 1.29 is 24.0 Å². The Morgan fingerprint density at radius 2 is 2.31 bits per heavy atom. The fraction of sp³-hybridized carbons (Fsp3) is 0.389. The molecule has 26 heavy (non-hydrogen) atoms. The Kier molecular flexibility index (Phi) is 6.06. The van der Waals surface area contributed by atoms with Gasteiger partial charge in [0, 0.05) is 29.7 Å². The highest BCUT2D eigenvalue weighted by Crippen LogP contribution is 2.36. The molecular formula is C18H20BNO5S. The number of aryl methyl sites for hydroxylation is 1. The van der Waals surface area contributed by atoms with E-state index in [0.717, 1.165) is 10.4 Å². The molecule has 0 amide bonds. The monoisotopic (exact) mass is 373 g/mol. The molecule has 0 fully saturated rings. The average molecular weight is 373 g/mol. The van der Waals surface area contributed by atoms with E-state index in [1.807, 2.05) is 6.07 Å². The number of thiazole rings is 1. The normalized spacial score (nSPS) is 15.9. The Bertz CT molecular complexity index is 780. The van der Waals surface area contributed by atoms with Gasteiger partial charge < -0.3 is 14.4 Å². The lowest BCUT2D eigenvalue weighted by Crippen LogP contribution is -2.36. The lowest BCUT2D eigenvalue weighted by molar-refractivity contribution is -0.119. The van der Waals surface area contributed by atoms with Gasteiger partial charge >= 0.3 is 13.1 Å². The molecule has 0 bridgehead atoms. The fourth-order valence-corrected chi connectivity index (χ4v) is 3.65. The van der Waals surface area contributed by atoms with Crippen molar-refractivity contribution in [1.29, 1.82) is 0 Å². The van der Waals surface area contributed by atoms with Gasteiger partial charge in [-0.15, -0.1) is 11.3 Å². The molecule has 1 aliphatic heterocycles. The number of para-hydroxylation sites is 1. The summed E-state index contributed by atoms with van der Waals surface area (Å²) in [6.45, 7) is 2.00. The molecule has 2 aromatic rings. The summed E-state index contributed by atoms with van der Waals surface area (Å²) in [5.74, 6) is -0.368. The third-order valence-electron chi connectivity index (χ3n) is 4.34. The highest BCUT2D eigenvalue weighted by molar-refractivity contribution is 7.09. The number of Topliss-reactive ketones (excluding diaryl/α,β-unsaturated/α-hetero) is 1. The second-order valence-corrected chi connectivity index (χ2v) is 7.17. The quantitative estimate of drug-likeness (QED) is 0.593. The van der Waals surface area contributed by atoms with Gasteiger partial charge in [-0.25, -0.2) is 4.79 Å². The number of nitrogens with zero attached hydrogens (tertiary/aromatic N) is 1. The summed E-state index contributed by atoms with van der Waals surface area (Å²) in [7, 11) is -1.12. The van der Waals surface area contributed by atoms with Crippen molar-refractivity contribution in [2.75, 3.05) is 6.61 Å². The summed E-state index contributed by atoms with van der Waals surface area (Å²) >= 11 is 1.53. The maximum Gasteiger partial charge on any atom is 0.526 e. The van der Waals surface area contributed by atoms with Gasteiger partial charge in [0.05, 0.1) is 12.1 Å². The number of ketones is 1. The van der Waals surface area contributed by atoms with Crippen LogP contribution in [0.1, 0.15) is 40.6 Å². The predicted octanol–water partition coefficient (Wildman–Crippen LogP) is 2.70. The SMILES string of the molecule is CCOC(=O)c1cccc2c1OB(O)[C@@H](CC(=O)CCc1cncs1)C2. The average Bonchev–Trinajstić information content (AvgIpc) is 3.14. The molecule has 0 radical (unpaired) electrons. The Morgan fingerprint density at radius 3 is 3.04 bits per heavy atom. The first-order chi connectivity index (χ1) is 12.6. The Morgan fingerprint density at radius 1 is 1.46 bits per heavy atom. The van der Waals surface area contributed by atoms with Crippen LogP contribution in [0.25, 0.3) is 0 Å². The lowest BCUT2D eigenvalue weighted by Gasteiger charge is -2.28. The van der Waals surface area contributed by atoms with E-state index in [4.69, 9.17) is 9.39 Å². The molecule has 1 aromatic heterocycles. The molecule has 1 aliphatic rings. The zero-order valence-electron chi connectivity index (χ0n) is 14.5. The first-order valence-corrected chi connectivity index (χ1v) is 9.49. The Hall–Kier alpha value is -2.19. The van der Waals surface area contributed by atoms with Crippen LogP contribution in [0.15, 0.2) is 29.9 Å². The molecule has 1 aromatic carbocycles. The summed E-state index contributed by atoms with van der Waals surface area (Å²) in [5.41, 5.74) is 2.86. The molecule has 0 unspecified atom stereocenters. The molecule has 3 rings (SSSR count). The Labute approximate surface area is 156 Å². The first-order valence-electron chi connectivity index (χ1n) is 8.61. The van der Waals surface area contributed by atoms with Gasteiger partial charge in [-0.3, -0.25) is 9.78 Å². The van der Waals surface area contributed by atoms with Crippen molar-refractivity contribution in [2.24, 2.45) is 0 Å². The summed E-state index contributed by atoms with van der Waals surface area (Å²) in [6, 6.07) is 5.22. The van der Waals surface area contributed by atoms with Crippen molar-refractivity contribution >= 4 is 30.2 Å². The number of ether oxygens (including phenoxy) is 1. The van der Waals surface area contributed by atoms with Crippen molar-refractivity contribution in [2.45, 2.75) is 38.4 Å². The van der Waals surface area contributed by atoms with E-state index < -0.39 is 13.1 Å². The number of hydrogen-bond donors (Lipinski definition) is 1. The van der Waals surface area contributed by atoms with Gasteiger partial charge in [0.2, 0.25) is 0 Å². The van der Waals surface area contributed by atoms with E-state index >= 15 is 0 Å². The van der Waals surface area contributed by atoms with E-state index in [1.165, 1.54) is 11.3 Å². The van der Waals surface area contributed by atoms with Crippen LogP contribution in [-0.2, 0) is 22.4 Å². The van der Waals surface area contributed by atoms with E-state index in [9.17, 15) is 14.6 Å². The van der Waals surface area contributed by atoms with Crippen LogP contribution in [-0.4, -0.2) is 35.5 Å². The molecule has 1 N–H and O–H groups in total. The van der Waals surface area contributed by atoms with E-state index in [0.29, 0.717) is 30.6 Å². The summed E-state index contributed by atoms with van der Waals surface area (Å²) in [6.07, 6.45) is 3.57. The number of esters is 1. The molecule has 0 saturated carbocycles. The number of carbonyl (C=O) groups excluding carboxylic acids is 2. The number of rotatable bonds is 7. The molecule has 6 nitrogen and oxygen atoms in total. The maximum atomic E-state index is 12.3. The minimum atomic E-state index is -1.12. The number of hydrogen-bond acceptors (Lipinski definition) is 7. The van der Waals surface area contributed by atoms with Crippen LogP contribution in [0.4, 0.5) is 0 Å². The third-order valence-corrected chi connectivity index (χ3v) is 5.18. The van der Waals surface area contributed by atoms with Gasteiger partial charge in [0.15, 0.2) is 0 Å². The minimum Gasteiger partial charge on any atom is -0.535 e. The number of carbonyl (C=O) groups is 2. The van der Waals surface area contributed by atoms with Crippen molar-refractivity contribution in [3.05, 3.63) is 45.9 Å². The number of benzene rings is 1. The van der Waals surface area contributed by atoms with E-state index in [-0.39, 0.29) is 24.6 Å². The fourth-order valence-electron chi connectivity index (χ4n) is 3.05. The smallest absolute Gasteiger partial charge is 0.526 e. The molecular weight excluding hydrogens is 353 g/mol. The number of fused-ring (bicyclic) bond motifs is 1. The maximum absolute atomic E-state index is 12.3. The van der Waals surface area contributed by atoms with Crippen LogP contribution in [0, 0.1) is 0 Å². The van der Waals surface area contributed by atoms with Crippen LogP contribution < -0.4 is 4.65 Å². The molecule has 8 heteroatoms. The largest absolute Gasteiger partial charge is 0.535 e. The van der Waals surface area contributed by atoms with Crippen LogP contribution in [0.2, 0.25) is 5.82 Å². The summed E-state index contributed by atoms with van der Waals surface area (Å²) < 4.78 is 10.6. The predicted molar refractivity (Wildman–Crippen MR) is 98.5 cm³/mol. The lowest BCUT2D eigenvalue weighted by atomic mass is 9.64.